The summed E-state index contributed by atoms with van der Waals surface area (Å²) in [6, 6.07) is -1.65. The molecule has 4 atom stereocenters. The number of aromatic amines is 6. The predicted molar refractivity (Wildman–Crippen MR) is 340 cm³/mol. The second-order valence-corrected chi connectivity index (χ2v) is 25.5. The number of hydrogen-bond acceptors (Lipinski definition) is 24. The highest BCUT2D eigenvalue weighted by Crippen LogP contribution is 2.33. The third-order valence-electron chi connectivity index (χ3n) is 13.6. The summed E-state index contributed by atoms with van der Waals surface area (Å²) in [6.45, 7) is -1.14. The van der Waals surface area contributed by atoms with Gasteiger partial charge >= 0.3 is 63.2 Å². The maximum atomic E-state index is 13.8. The van der Waals surface area contributed by atoms with Crippen molar-refractivity contribution in [1.82, 2.24) is 86.1 Å². The van der Waals surface area contributed by atoms with Gasteiger partial charge in [0.1, 0.15) is 11.6 Å². The zero-order valence-corrected chi connectivity index (χ0v) is 53.7. The lowest BCUT2D eigenvalue weighted by molar-refractivity contribution is -0.142. The maximum Gasteiger partial charge on any atom is 0.333 e. The molecule has 0 unspecified atom stereocenters. The van der Waals surface area contributed by atoms with Crippen molar-refractivity contribution >= 4 is 94.5 Å². The number of carbonyl (C=O) groups excluding carboxylic acids is 7. The van der Waals surface area contributed by atoms with Crippen LogP contribution in [-0.2, 0) is 67.4 Å². The minimum atomic E-state index is -1.49. The molecule has 38 nitrogen and oxygen atoms in total. The number of nitrogens with one attached hydrogen (secondary N) is 14. The van der Waals surface area contributed by atoms with E-state index in [1.807, 2.05) is 29.9 Å². The van der Waals surface area contributed by atoms with Gasteiger partial charge in [0.05, 0.1) is 49.2 Å². The van der Waals surface area contributed by atoms with Crippen molar-refractivity contribution in [3.05, 3.63) is 94.4 Å². The number of fused-ring (bicyclic) bond motifs is 1. The molecule has 42 heteroatoms. The van der Waals surface area contributed by atoms with Gasteiger partial charge in [0, 0.05) is 113 Å². The Morgan fingerprint density at radius 1 is 0.516 bits per heavy atom. The largest absolute Gasteiger partial charge is 0.480 e. The summed E-state index contributed by atoms with van der Waals surface area (Å²) in [6.07, 6.45) is 1.76. The standard InChI is InChI=1S/C51H77N17O21S4/c69-33(55-22-30(40(75)76)56-34(70)7-2-1-6-32-39-31(23-93-32)57-41(77)58-39)8-9-35(71)65-51(27-87-16-3-10-52-36(72)24-90-19-13-66-45(81)59-42(78)60-46(66)82,28-88-17-4-11-53-37(73)25-91-20-14-67-47(83)61-43(79)62-48(67)84)29-89-18-5-12-54-38(74)26-92-21-15-68-49(85)63-44(80)64-50(68)86/h30-32,39H,1-29H2,(H,52,72)(H,53,73)(H,54,74)(H,55,69)(H,56,70)(H,65,71)(H,75,76)(H2,57,58,77)(H2,59,60,78,81,82)(H2,61,62,79,83,84)(H2,63,64,80,85,86)/t30-,31-,32-,39-/m0/s1. The SMILES string of the molecule is O=C(CCC(=O)NC(COCCCNC(=O)CSCCn1c(=O)[nH]c(=O)[nH]c1=O)(COCCCNC(=O)CSCCn1c(=O)[nH]c(=O)[nH]c1=O)COCCCNC(=O)CSCCn1c(=O)[nH]c(=O)[nH]c1=O)NC[C@H](NC(=O)CCCC[C@@H]1SC[C@@H]2NC(=O)N[C@@H]21)C(=O)O. The van der Waals surface area contributed by atoms with Crippen LogP contribution in [0.3, 0.4) is 0 Å². The van der Waals surface area contributed by atoms with Crippen molar-refractivity contribution in [3.63, 3.8) is 0 Å². The van der Waals surface area contributed by atoms with Crippen LogP contribution >= 0.6 is 47.0 Å². The lowest BCUT2D eigenvalue weighted by Gasteiger charge is -2.34. The average Bonchev–Trinajstić information content (AvgIpc) is 1.73. The van der Waals surface area contributed by atoms with Crippen LogP contribution in [0.5, 0.6) is 0 Å². The molecule has 516 valence electrons. The number of nitrogens with zero attached hydrogens (tertiary/aromatic N) is 3. The Morgan fingerprint density at radius 2 is 0.925 bits per heavy atom. The molecular weight excluding hydrogens is 1310 g/mol. The van der Waals surface area contributed by atoms with Crippen molar-refractivity contribution < 1.29 is 57.7 Å². The number of amides is 8. The van der Waals surface area contributed by atoms with Crippen molar-refractivity contribution in [2.75, 3.05) is 106 Å². The van der Waals surface area contributed by atoms with Crippen LogP contribution in [0.25, 0.3) is 0 Å². The van der Waals surface area contributed by atoms with E-state index in [2.05, 4.69) is 42.5 Å². The summed E-state index contributed by atoms with van der Waals surface area (Å²) in [7, 11) is 0. The van der Waals surface area contributed by atoms with E-state index in [0.717, 1.165) is 61.2 Å². The van der Waals surface area contributed by atoms with E-state index >= 15 is 0 Å². The fourth-order valence-electron chi connectivity index (χ4n) is 8.95. The number of urea groups is 1. The van der Waals surface area contributed by atoms with Crippen LogP contribution in [0.1, 0.15) is 57.8 Å². The zero-order valence-electron chi connectivity index (χ0n) is 50.4. The van der Waals surface area contributed by atoms with Gasteiger partial charge in [-0.3, -0.25) is 58.7 Å². The van der Waals surface area contributed by atoms with Gasteiger partial charge in [0.25, 0.3) is 0 Å². The molecule has 0 spiro atoms. The van der Waals surface area contributed by atoms with Gasteiger partial charge in [0.15, 0.2) is 0 Å². The number of carbonyl (C=O) groups is 8. The van der Waals surface area contributed by atoms with Crippen LogP contribution in [-0.4, -0.2) is 231 Å². The van der Waals surface area contributed by atoms with Gasteiger partial charge in [-0.25, -0.2) is 66.4 Å². The first-order valence-electron chi connectivity index (χ1n) is 29.4. The second kappa shape index (κ2) is 40.2. The van der Waals surface area contributed by atoms with Gasteiger partial charge in [-0.1, -0.05) is 6.42 Å². The molecule has 5 rings (SSSR count). The van der Waals surface area contributed by atoms with Crippen molar-refractivity contribution in [2.24, 2.45) is 0 Å². The van der Waals surface area contributed by atoms with Crippen LogP contribution in [0.4, 0.5) is 4.79 Å². The third kappa shape index (κ3) is 28.1. The first-order chi connectivity index (χ1) is 44.5. The Balaban J connectivity index is 1.15. The topological polar surface area (TPSA) is 544 Å². The molecule has 2 fully saturated rings. The molecule has 2 saturated heterocycles. The molecule has 8 amide bonds. The first-order valence-corrected chi connectivity index (χ1v) is 33.9. The number of carboxylic acids is 1. The van der Waals surface area contributed by atoms with Crippen molar-refractivity contribution in [1.29, 1.82) is 0 Å². The normalized spacial score (nSPS) is 15.3. The van der Waals surface area contributed by atoms with Gasteiger partial charge in [0.2, 0.25) is 35.4 Å². The summed E-state index contributed by atoms with van der Waals surface area (Å²) in [5.74, 6) is -3.28. The molecule has 0 aliphatic carbocycles. The van der Waals surface area contributed by atoms with Gasteiger partial charge in [-0.15, -0.1) is 0 Å². The highest BCUT2D eigenvalue weighted by Gasteiger charge is 2.42. The van der Waals surface area contributed by atoms with Gasteiger partial charge in [-0.2, -0.15) is 47.0 Å². The predicted octanol–water partition coefficient (Wildman–Crippen LogP) is -7.48. The van der Waals surface area contributed by atoms with E-state index in [-0.39, 0.29) is 180 Å². The highest BCUT2D eigenvalue weighted by molar-refractivity contribution is 8.00. The minimum Gasteiger partial charge on any atom is -0.480 e. The number of ether oxygens (including phenoxy) is 3. The molecule has 3 aromatic rings. The molecular formula is C51H77N17O21S4. The lowest BCUT2D eigenvalue weighted by Crippen LogP contribution is -2.59. The number of carboxylic acid groups (broad SMARTS) is 1. The summed E-state index contributed by atoms with van der Waals surface area (Å²) >= 11 is 5.10. The van der Waals surface area contributed by atoms with E-state index in [0.29, 0.717) is 12.8 Å². The van der Waals surface area contributed by atoms with Gasteiger partial charge in [-0.05, 0) is 32.1 Å². The molecule has 93 heavy (non-hydrogen) atoms. The van der Waals surface area contributed by atoms with Crippen molar-refractivity contribution in [2.45, 2.75) is 106 Å². The molecule has 2 aliphatic rings. The number of unbranched alkanes of at least 4 members (excludes halogenated alkanes) is 1. The third-order valence-corrected chi connectivity index (χ3v) is 17.9. The Kier molecular flexibility index (Phi) is 32.8. The monoisotopic (exact) mass is 1390 g/mol. The molecule has 0 bridgehead atoms. The Bertz CT molecular complexity index is 3210. The summed E-state index contributed by atoms with van der Waals surface area (Å²) < 4.78 is 20.5. The smallest absolute Gasteiger partial charge is 0.333 e. The minimum absolute atomic E-state index is 0.000633. The first kappa shape index (κ1) is 75.8. The molecule has 3 aromatic heterocycles. The Labute approximate surface area is 542 Å². The molecule has 0 aromatic carbocycles. The van der Waals surface area contributed by atoms with E-state index in [9.17, 15) is 86.6 Å². The Morgan fingerprint density at radius 3 is 1.33 bits per heavy atom. The van der Waals surface area contributed by atoms with Crippen LogP contribution in [0.15, 0.2) is 43.2 Å². The van der Waals surface area contributed by atoms with Crippen LogP contribution in [0.2, 0.25) is 0 Å². The molecule has 15 N–H and O–H groups in total. The zero-order chi connectivity index (χ0) is 67.7. The fourth-order valence-corrected chi connectivity index (χ4v) is 12.7. The average molecular weight is 1390 g/mol. The van der Waals surface area contributed by atoms with E-state index in [1.165, 1.54) is 0 Å². The summed E-state index contributed by atoms with van der Waals surface area (Å²) in [5.41, 5.74) is -9.72. The number of aromatic nitrogens is 9. The van der Waals surface area contributed by atoms with Crippen LogP contribution < -0.4 is 93.7 Å². The summed E-state index contributed by atoms with van der Waals surface area (Å²) in [5, 5.41) is 31.7. The quantitative estimate of drug-likeness (QED) is 0.0185. The second-order valence-electron chi connectivity index (χ2n) is 20.9. The van der Waals surface area contributed by atoms with E-state index in [4.69, 9.17) is 14.2 Å². The molecule has 0 saturated carbocycles. The number of H-pyrrole nitrogens is 6. The Hall–Kier alpha value is -7.93. The number of thioether (sulfide) groups is 4. The van der Waals surface area contributed by atoms with Crippen molar-refractivity contribution in [3.8, 4) is 0 Å². The number of hydrogen-bond donors (Lipinski definition) is 15. The van der Waals surface area contributed by atoms with E-state index in [1.54, 1.807) is 11.8 Å². The number of aliphatic carboxylic acids is 1. The van der Waals surface area contributed by atoms with Crippen LogP contribution in [0, 0.1) is 0 Å². The molecule has 5 heterocycles. The summed E-state index contributed by atoms with van der Waals surface area (Å²) in [4.78, 5) is 219. The fraction of sp³-hybridized carbons (Fsp3) is 0.667. The van der Waals surface area contributed by atoms with Gasteiger partial charge < -0.3 is 61.9 Å². The number of rotatable bonds is 46. The molecule has 2 aliphatic heterocycles. The maximum absolute atomic E-state index is 13.8. The lowest BCUT2D eigenvalue weighted by atomic mass is 10.0. The highest BCUT2D eigenvalue weighted by atomic mass is 32.2. The molecule has 0 radical (unpaired) electrons. The van der Waals surface area contributed by atoms with E-state index < -0.39 is 106 Å².